The minimum atomic E-state index is -3.79. The number of rotatable bonds is 10. The van der Waals surface area contributed by atoms with Crippen molar-refractivity contribution in [3.8, 4) is 0 Å². The van der Waals surface area contributed by atoms with E-state index in [2.05, 4.69) is 35.1 Å². The van der Waals surface area contributed by atoms with E-state index in [0.29, 0.717) is 12.8 Å². The molecule has 3 rings (SSSR count). The Balaban J connectivity index is 1.60. The molecule has 0 aliphatic rings. The van der Waals surface area contributed by atoms with Crippen LogP contribution in [-0.4, -0.2) is 27.0 Å². The second-order valence-electron chi connectivity index (χ2n) is 7.17. The lowest BCUT2D eigenvalue weighted by Gasteiger charge is -2.17. The van der Waals surface area contributed by atoms with E-state index in [4.69, 9.17) is 4.74 Å². The average Bonchev–Trinajstić information content (AvgIpc) is 2.76. The molecule has 0 fully saturated rings. The van der Waals surface area contributed by atoms with Crippen molar-refractivity contribution in [2.75, 3.05) is 6.61 Å². The molecule has 0 spiro atoms. The van der Waals surface area contributed by atoms with Crippen LogP contribution in [0.4, 0.5) is 0 Å². The molecular formula is C24H27NO4S. The van der Waals surface area contributed by atoms with Crippen molar-refractivity contribution < 1.29 is 17.9 Å². The first kappa shape index (κ1) is 22.0. The highest BCUT2D eigenvalue weighted by Crippen LogP contribution is 2.18. The lowest BCUT2D eigenvalue weighted by atomic mass is 10.0. The number of unbranched alkanes of at least 4 members (excludes halogenated alkanes) is 1. The number of nitrogens with one attached hydrogen (secondary N) is 1. The Bertz CT molecular complexity index is 1080. The third kappa shape index (κ3) is 5.90. The molecule has 0 bridgehead atoms. The van der Waals surface area contributed by atoms with E-state index in [-0.39, 0.29) is 11.5 Å². The van der Waals surface area contributed by atoms with Gasteiger partial charge in [0.1, 0.15) is 6.04 Å². The maximum absolute atomic E-state index is 12.6. The normalized spacial score (nSPS) is 12.6. The van der Waals surface area contributed by atoms with Crippen molar-refractivity contribution in [2.24, 2.45) is 0 Å². The fourth-order valence-corrected chi connectivity index (χ4v) is 4.63. The van der Waals surface area contributed by atoms with Crippen LogP contribution in [0, 0.1) is 0 Å². The Morgan fingerprint density at radius 2 is 1.63 bits per heavy atom. The predicted octanol–water partition coefficient (Wildman–Crippen LogP) is 4.46. The van der Waals surface area contributed by atoms with Crippen molar-refractivity contribution in [1.82, 2.24) is 4.72 Å². The molecule has 0 saturated carbocycles. The molecule has 3 aromatic rings. The summed E-state index contributed by atoms with van der Waals surface area (Å²) in [4.78, 5) is 12.4. The summed E-state index contributed by atoms with van der Waals surface area (Å²) in [6, 6.07) is 21.8. The minimum absolute atomic E-state index is 0.135. The van der Waals surface area contributed by atoms with Crippen LogP contribution in [0.1, 0.15) is 31.7 Å². The lowest BCUT2D eigenvalue weighted by Crippen LogP contribution is -2.41. The molecule has 0 heterocycles. The summed E-state index contributed by atoms with van der Waals surface area (Å²) in [5.41, 5.74) is 1.23. The van der Waals surface area contributed by atoms with Gasteiger partial charge in [-0.05, 0) is 54.7 Å². The Morgan fingerprint density at radius 1 is 0.933 bits per heavy atom. The minimum Gasteiger partial charge on any atom is -0.465 e. The van der Waals surface area contributed by atoms with Crippen LogP contribution >= 0.6 is 0 Å². The summed E-state index contributed by atoms with van der Waals surface area (Å²) in [6.07, 6.45) is 2.80. The van der Waals surface area contributed by atoms with Gasteiger partial charge in [0.2, 0.25) is 10.0 Å². The van der Waals surface area contributed by atoms with Crippen LogP contribution in [0.15, 0.2) is 77.7 Å². The van der Waals surface area contributed by atoms with Gasteiger partial charge in [-0.15, -0.1) is 0 Å². The zero-order valence-electron chi connectivity index (χ0n) is 17.1. The van der Waals surface area contributed by atoms with Crippen molar-refractivity contribution in [3.63, 3.8) is 0 Å². The molecule has 30 heavy (non-hydrogen) atoms. The van der Waals surface area contributed by atoms with Gasteiger partial charge in [0.15, 0.2) is 0 Å². The standard InChI is InChI=1S/C24H27NO4S/c1-2-29-24(26)23(25-30(27,28)22-13-4-3-5-14-22)15-9-6-10-19-16-17-20-11-7-8-12-21(20)18-19/h3-5,7-8,11-14,16-18,23,25H,2,6,9-10,15H2,1H3. The van der Waals surface area contributed by atoms with Gasteiger partial charge in [-0.1, -0.05) is 67.1 Å². The van der Waals surface area contributed by atoms with E-state index in [1.54, 1.807) is 25.1 Å². The number of carbonyl (C=O) groups is 1. The van der Waals surface area contributed by atoms with E-state index in [1.165, 1.54) is 28.5 Å². The number of fused-ring (bicyclic) bond motifs is 1. The topological polar surface area (TPSA) is 72.5 Å². The first-order valence-electron chi connectivity index (χ1n) is 10.2. The number of benzene rings is 3. The molecular weight excluding hydrogens is 398 g/mol. The summed E-state index contributed by atoms with van der Waals surface area (Å²) < 4.78 is 32.8. The molecule has 1 atom stereocenters. The van der Waals surface area contributed by atoms with Gasteiger partial charge in [-0.2, -0.15) is 4.72 Å². The quantitative estimate of drug-likeness (QED) is 0.384. The number of sulfonamides is 1. The highest BCUT2D eigenvalue weighted by molar-refractivity contribution is 7.89. The predicted molar refractivity (Wildman–Crippen MR) is 119 cm³/mol. The molecule has 5 nitrogen and oxygen atoms in total. The van der Waals surface area contributed by atoms with E-state index in [9.17, 15) is 13.2 Å². The van der Waals surface area contributed by atoms with E-state index >= 15 is 0 Å². The Labute approximate surface area is 178 Å². The second kappa shape index (κ2) is 10.4. The van der Waals surface area contributed by atoms with Crippen molar-refractivity contribution in [1.29, 1.82) is 0 Å². The Hall–Kier alpha value is -2.70. The van der Waals surface area contributed by atoms with Crippen LogP contribution in [0.2, 0.25) is 0 Å². The Morgan fingerprint density at radius 3 is 2.37 bits per heavy atom. The highest BCUT2D eigenvalue weighted by atomic mass is 32.2. The first-order chi connectivity index (χ1) is 14.5. The van der Waals surface area contributed by atoms with Crippen LogP contribution in [0.5, 0.6) is 0 Å². The fourth-order valence-electron chi connectivity index (χ4n) is 3.39. The summed E-state index contributed by atoms with van der Waals surface area (Å²) >= 11 is 0. The molecule has 0 aliphatic heterocycles. The molecule has 158 valence electrons. The van der Waals surface area contributed by atoms with Gasteiger partial charge in [-0.3, -0.25) is 4.79 Å². The molecule has 1 N–H and O–H groups in total. The highest BCUT2D eigenvalue weighted by Gasteiger charge is 2.26. The maximum atomic E-state index is 12.6. The van der Waals surface area contributed by atoms with Gasteiger partial charge < -0.3 is 4.74 Å². The molecule has 0 radical (unpaired) electrons. The first-order valence-corrected chi connectivity index (χ1v) is 11.7. The van der Waals surface area contributed by atoms with Crippen LogP contribution in [-0.2, 0) is 26.0 Å². The van der Waals surface area contributed by atoms with Crippen molar-refractivity contribution in [3.05, 3.63) is 78.4 Å². The van der Waals surface area contributed by atoms with Gasteiger partial charge in [-0.25, -0.2) is 8.42 Å². The van der Waals surface area contributed by atoms with Gasteiger partial charge in [0.05, 0.1) is 11.5 Å². The zero-order chi connectivity index (χ0) is 21.4. The SMILES string of the molecule is CCOC(=O)C(CCCCc1ccc2ccccc2c1)NS(=O)(=O)c1ccccc1. The largest absolute Gasteiger partial charge is 0.465 e. The monoisotopic (exact) mass is 425 g/mol. The second-order valence-corrected chi connectivity index (χ2v) is 8.88. The van der Waals surface area contributed by atoms with Crippen molar-refractivity contribution in [2.45, 2.75) is 43.5 Å². The van der Waals surface area contributed by atoms with Crippen LogP contribution < -0.4 is 4.72 Å². The van der Waals surface area contributed by atoms with Gasteiger partial charge in [0, 0.05) is 0 Å². The number of hydrogen-bond acceptors (Lipinski definition) is 4. The summed E-state index contributed by atoms with van der Waals surface area (Å²) in [6.45, 7) is 1.92. The van der Waals surface area contributed by atoms with E-state index in [1.807, 2.05) is 12.1 Å². The molecule has 1 unspecified atom stereocenters. The third-order valence-corrected chi connectivity index (χ3v) is 6.43. The van der Waals surface area contributed by atoms with E-state index < -0.39 is 22.0 Å². The molecule has 0 amide bonds. The molecule has 0 aromatic heterocycles. The van der Waals surface area contributed by atoms with Gasteiger partial charge in [0.25, 0.3) is 0 Å². The maximum Gasteiger partial charge on any atom is 0.324 e. The third-order valence-electron chi connectivity index (χ3n) is 4.94. The number of aryl methyl sites for hydroxylation is 1. The Kier molecular flexibility index (Phi) is 7.60. The lowest BCUT2D eigenvalue weighted by molar-refractivity contribution is -0.145. The number of ether oxygens (including phenoxy) is 1. The smallest absolute Gasteiger partial charge is 0.324 e. The summed E-state index contributed by atoms with van der Waals surface area (Å²) in [5.74, 6) is -0.539. The molecule has 0 aliphatic carbocycles. The summed E-state index contributed by atoms with van der Waals surface area (Å²) in [7, 11) is -3.79. The average molecular weight is 426 g/mol. The van der Waals surface area contributed by atoms with Gasteiger partial charge >= 0.3 is 5.97 Å². The van der Waals surface area contributed by atoms with Crippen LogP contribution in [0.3, 0.4) is 0 Å². The van der Waals surface area contributed by atoms with Crippen LogP contribution in [0.25, 0.3) is 10.8 Å². The van der Waals surface area contributed by atoms with E-state index in [0.717, 1.165) is 12.8 Å². The zero-order valence-corrected chi connectivity index (χ0v) is 17.9. The molecule has 3 aromatic carbocycles. The number of carbonyl (C=O) groups excluding carboxylic acids is 1. The molecule has 6 heteroatoms. The number of hydrogen-bond donors (Lipinski definition) is 1. The fraction of sp³-hybridized carbons (Fsp3) is 0.292. The summed E-state index contributed by atoms with van der Waals surface area (Å²) in [5, 5.41) is 2.41. The molecule has 0 saturated heterocycles. The number of esters is 1. The van der Waals surface area contributed by atoms with Crippen molar-refractivity contribution >= 4 is 26.8 Å².